The molecular weight excluding hydrogens is 408 g/mol. The Kier molecular flexibility index (Phi) is 5.73. The predicted octanol–water partition coefficient (Wildman–Crippen LogP) is 3.98. The second-order valence-corrected chi connectivity index (χ2v) is 7.72. The van der Waals surface area contributed by atoms with Crippen LogP contribution in [0.1, 0.15) is 22.9 Å². The first-order valence-corrected chi connectivity index (χ1v) is 10.1. The summed E-state index contributed by atoms with van der Waals surface area (Å²) in [5, 5.41) is 11.1. The lowest BCUT2D eigenvalue weighted by atomic mass is 9.95. The van der Waals surface area contributed by atoms with E-state index in [9.17, 15) is 14.7 Å². The molecule has 0 spiro atoms. The highest BCUT2D eigenvalue weighted by molar-refractivity contribution is 6.46. The Morgan fingerprint density at radius 2 is 1.75 bits per heavy atom. The number of methoxy groups -OCH3 is 1. The molecule has 32 heavy (non-hydrogen) atoms. The summed E-state index contributed by atoms with van der Waals surface area (Å²) in [7, 11) is 5.41. The average molecular weight is 432 g/mol. The van der Waals surface area contributed by atoms with Gasteiger partial charge in [0.25, 0.3) is 11.7 Å². The van der Waals surface area contributed by atoms with E-state index < -0.39 is 17.7 Å². The van der Waals surface area contributed by atoms with Crippen LogP contribution in [0.5, 0.6) is 5.75 Å². The number of rotatable bonds is 6. The van der Waals surface area contributed by atoms with Crippen molar-refractivity contribution in [1.29, 1.82) is 0 Å². The zero-order valence-electron chi connectivity index (χ0n) is 18.1. The number of carbonyl (C=O) groups is 2. The van der Waals surface area contributed by atoms with Crippen molar-refractivity contribution in [3.63, 3.8) is 0 Å². The van der Waals surface area contributed by atoms with E-state index in [2.05, 4.69) is 0 Å². The molecule has 1 amide bonds. The summed E-state index contributed by atoms with van der Waals surface area (Å²) in [5.74, 6) is -0.471. The molecule has 2 aromatic carbocycles. The first-order valence-electron chi connectivity index (χ1n) is 10.1. The third-order valence-electron chi connectivity index (χ3n) is 5.53. The zero-order valence-corrected chi connectivity index (χ0v) is 18.1. The molecule has 1 aliphatic rings. The molecule has 1 aromatic heterocycles. The normalized spacial score (nSPS) is 17.6. The lowest BCUT2D eigenvalue weighted by Gasteiger charge is -2.25. The van der Waals surface area contributed by atoms with E-state index in [4.69, 9.17) is 9.15 Å². The molecule has 1 saturated heterocycles. The Labute approximate surface area is 186 Å². The first-order chi connectivity index (χ1) is 15.4. The van der Waals surface area contributed by atoms with Crippen molar-refractivity contribution in [3.05, 3.63) is 89.4 Å². The van der Waals surface area contributed by atoms with E-state index in [1.165, 1.54) is 11.2 Å². The number of Topliss-reactive ketones (excluding diaryl/α,β-unsaturated/α-hetero) is 1. The van der Waals surface area contributed by atoms with Gasteiger partial charge in [-0.1, -0.05) is 12.1 Å². The fourth-order valence-electron chi connectivity index (χ4n) is 3.82. The molecule has 2 heterocycles. The van der Waals surface area contributed by atoms with Crippen LogP contribution in [0, 0.1) is 0 Å². The molecule has 7 nitrogen and oxygen atoms in total. The molecule has 0 bridgehead atoms. The van der Waals surface area contributed by atoms with E-state index in [0.29, 0.717) is 17.1 Å². The number of benzene rings is 2. The SMILES string of the molecule is COc1ccc(C(O)=C2C(=O)C(=O)N(Cc3ccco3)[C@@H]2c2ccc(N(C)C)cc2)cc1. The maximum absolute atomic E-state index is 13.1. The van der Waals surface area contributed by atoms with Crippen molar-refractivity contribution in [2.75, 3.05) is 26.1 Å². The average Bonchev–Trinajstić information content (AvgIpc) is 3.41. The molecule has 3 aromatic rings. The van der Waals surface area contributed by atoms with E-state index in [1.807, 2.05) is 43.3 Å². The van der Waals surface area contributed by atoms with E-state index in [0.717, 1.165) is 11.3 Å². The van der Waals surface area contributed by atoms with Crippen molar-refractivity contribution < 1.29 is 23.8 Å². The maximum atomic E-state index is 13.1. The molecule has 0 radical (unpaired) electrons. The molecule has 1 atom stereocenters. The minimum atomic E-state index is -0.751. The number of hydrogen-bond acceptors (Lipinski definition) is 6. The van der Waals surface area contributed by atoms with Crippen LogP contribution in [0.3, 0.4) is 0 Å². The van der Waals surface area contributed by atoms with Crippen LogP contribution < -0.4 is 9.64 Å². The van der Waals surface area contributed by atoms with Gasteiger partial charge in [0.15, 0.2) is 0 Å². The van der Waals surface area contributed by atoms with Crippen LogP contribution in [0.2, 0.25) is 0 Å². The molecule has 0 aliphatic carbocycles. The number of anilines is 1. The molecule has 4 rings (SSSR count). The predicted molar refractivity (Wildman–Crippen MR) is 120 cm³/mol. The van der Waals surface area contributed by atoms with Gasteiger partial charge in [0.2, 0.25) is 0 Å². The number of carbonyl (C=O) groups excluding carboxylic acids is 2. The Balaban J connectivity index is 1.83. The molecule has 1 fully saturated rings. The number of nitrogens with zero attached hydrogens (tertiary/aromatic N) is 2. The first kappa shape index (κ1) is 21.2. The topological polar surface area (TPSA) is 83.2 Å². The van der Waals surface area contributed by atoms with Crippen molar-refractivity contribution in [2.24, 2.45) is 0 Å². The van der Waals surface area contributed by atoms with Crippen LogP contribution in [0.25, 0.3) is 5.76 Å². The summed E-state index contributed by atoms with van der Waals surface area (Å²) >= 11 is 0. The lowest BCUT2D eigenvalue weighted by Crippen LogP contribution is -2.29. The summed E-state index contributed by atoms with van der Waals surface area (Å²) in [6.45, 7) is 0.108. The minimum Gasteiger partial charge on any atom is -0.507 e. The van der Waals surface area contributed by atoms with Gasteiger partial charge in [0, 0.05) is 25.3 Å². The van der Waals surface area contributed by atoms with Crippen molar-refractivity contribution in [2.45, 2.75) is 12.6 Å². The van der Waals surface area contributed by atoms with Gasteiger partial charge < -0.3 is 24.1 Å². The van der Waals surface area contributed by atoms with Crippen LogP contribution in [0.15, 0.2) is 76.9 Å². The van der Waals surface area contributed by atoms with Gasteiger partial charge in [-0.2, -0.15) is 0 Å². The van der Waals surface area contributed by atoms with Gasteiger partial charge in [-0.3, -0.25) is 9.59 Å². The van der Waals surface area contributed by atoms with Crippen LogP contribution in [0.4, 0.5) is 5.69 Å². The van der Waals surface area contributed by atoms with Crippen molar-refractivity contribution in [1.82, 2.24) is 4.90 Å². The summed E-state index contributed by atoms with van der Waals surface area (Å²) in [4.78, 5) is 29.5. The molecule has 1 aliphatic heterocycles. The smallest absolute Gasteiger partial charge is 0.296 e. The minimum absolute atomic E-state index is 0.0457. The maximum Gasteiger partial charge on any atom is 0.296 e. The van der Waals surface area contributed by atoms with Gasteiger partial charge in [0.1, 0.15) is 17.3 Å². The molecule has 0 unspecified atom stereocenters. The summed E-state index contributed by atoms with van der Waals surface area (Å²) in [6, 6.07) is 17.0. The number of ketones is 1. The van der Waals surface area contributed by atoms with Gasteiger partial charge in [0.05, 0.1) is 31.5 Å². The zero-order chi connectivity index (χ0) is 22.8. The highest BCUT2D eigenvalue weighted by Crippen LogP contribution is 2.40. The van der Waals surface area contributed by atoms with Crippen LogP contribution in [-0.4, -0.2) is 42.9 Å². The second kappa shape index (κ2) is 8.63. The molecular formula is C25H24N2O5. The van der Waals surface area contributed by atoms with Crippen LogP contribution in [-0.2, 0) is 16.1 Å². The quantitative estimate of drug-likeness (QED) is 0.360. The third kappa shape index (κ3) is 3.85. The highest BCUT2D eigenvalue weighted by atomic mass is 16.5. The number of ether oxygens (including phenoxy) is 1. The fourth-order valence-corrected chi connectivity index (χ4v) is 3.82. The molecule has 164 valence electrons. The lowest BCUT2D eigenvalue weighted by molar-refractivity contribution is -0.140. The summed E-state index contributed by atoms with van der Waals surface area (Å²) in [5.41, 5.74) is 2.17. The number of hydrogen-bond donors (Lipinski definition) is 1. The largest absolute Gasteiger partial charge is 0.507 e. The van der Waals surface area contributed by atoms with Crippen molar-refractivity contribution >= 4 is 23.1 Å². The number of furan rings is 1. The van der Waals surface area contributed by atoms with Crippen molar-refractivity contribution in [3.8, 4) is 5.75 Å². The van der Waals surface area contributed by atoms with E-state index >= 15 is 0 Å². The Hall–Kier alpha value is -4.00. The third-order valence-corrected chi connectivity index (χ3v) is 5.53. The van der Waals surface area contributed by atoms with Gasteiger partial charge in [-0.05, 0) is 54.1 Å². The van der Waals surface area contributed by atoms with Gasteiger partial charge >= 0.3 is 0 Å². The monoisotopic (exact) mass is 432 g/mol. The Bertz CT molecular complexity index is 1150. The highest BCUT2D eigenvalue weighted by Gasteiger charge is 2.46. The summed E-state index contributed by atoms with van der Waals surface area (Å²) in [6.07, 6.45) is 1.52. The number of aliphatic hydroxyl groups excluding tert-OH is 1. The molecule has 1 N–H and O–H groups in total. The molecule has 7 heteroatoms. The number of aliphatic hydroxyl groups is 1. The Morgan fingerprint density at radius 3 is 2.31 bits per heavy atom. The standard InChI is InChI=1S/C25H24N2O5/c1-26(2)18-10-6-16(7-11-18)22-21(23(28)17-8-12-19(31-3)13-9-17)24(29)25(30)27(22)15-20-5-4-14-32-20/h4-14,22,28H,15H2,1-3H3/t22-/m1/s1. The second-order valence-electron chi connectivity index (χ2n) is 7.72. The van der Waals surface area contributed by atoms with E-state index in [-0.39, 0.29) is 17.9 Å². The van der Waals surface area contributed by atoms with Gasteiger partial charge in [-0.25, -0.2) is 0 Å². The summed E-state index contributed by atoms with van der Waals surface area (Å²) < 4.78 is 10.6. The Morgan fingerprint density at radius 1 is 1.06 bits per heavy atom. The number of amides is 1. The molecule has 0 saturated carbocycles. The van der Waals surface area contributed by atoms with Gasteiger partial charge in [-0.15, -0.1) is 0 Å². The van der Waals surface area contributed by atoms with Crippen LogP contribution >= 0.6 is 0 Å². The number of likely N-dealkylation sites (tertiary alicyclic amines) is 1. The fraction of sp³-hybridized carbons (Fsp3) is 0.200. The van der Waals surface area contributed by atoms with E-state index in [1.54, 1.807) is 43.5 Å².